The zero-order chi connectivity index (χ0) is 29.9. The van der Waals surface area contributed by atoms with Crippen molar-refractivity contribution in [3.63, 3.8) is 0 Å². The van der Waals surface area contributed by atoms with Gasteiger partial charge in [0.2, 0.25) is 5.91 Å². The van der Waals surface area contributed by atoms with Crippen molar-refractivity contribution in [3.05, 3.63) is 65.0 Å². The molecule has 2 N–H and O–H groups in total. The number of aliphatic hydroxyl groups is 1. The Morgan fingerprint density at radius 3 is 2.15 bits per heavy atom. The van der Waals surface area contributed by atoms with Crippen LogP contribution in [0.5, 0.6) is 0 Å². The molecule has 2 aliphatic carbocycles. The van der Waals surface area contributed by atoms with E-state index in [9.17, 15) is 53.4 Å². The highest BCUT2D eigenvalue weighted by Gasteiger charge is 2.73. The van der Waals surface area contributed by atoms with Crippen LogP contribution < -0.4 is 5.32 Å². The molecule has 2 aliphatic rings. The van der Waals surface area contributed by atoms with Gasteiger partial charge in [-0.05, 0) is 74.4 Å². The lowest BCUT2D eigenvalue weighted by atomic mass is 9.82. The summed E-state index contributed by atoms with van der Waals surface area (Å²) in [6.07, 6.45) is -14.3. The van der Waals surface area contributed by atoms with Crippen LogP contribution in [-0.4, -0.2) is 43.9 Å². The lowest BCUT2D eigenvalue weighted by Crippen LogP contribution is -2.50. The number of rotatable bonds is 5. The first-order valence-electron chi connectivity index (χ1n) is 12.3. The van der Waals surface area contributed by atoms with Crippen molar-refractivity contribution in [1.29, 1.82) is 0 Å². The number of nitrogens with one attached hydrogen (secondary N) is 1. The molecule has 220 valence electrons. The molecule has 1 saturated carbocycles. The summed E-state index contributed by atoms with van der Waals surface area (Å²) in [4.78, 5) is 12.0. The van der Waals surface area contributed by atoms with E-state index in [-0.39, 0.29) is 48.1 Å². The molecule has 0 heterocycles. The Morgan fingerprint density at radius 1 is 1.00 bits per heavy atom. The Morgan fingerprint density at radius 2 is 1.60 bits per heavy atom. The van der Waals surface area contributed by atoms with Gasteiger partial charge in [0.15, 0.2) is 9.84 Å². The first-order chi connectivity index (χ1) is 18.4. The van der Waals surface area contributed by atoms with Crippen LogP contribution >= 0.6 is 0 Å². The molecule has 2 aromatic rings. The fourth-order valence-corrected chi connectivity index (χ4v) is 8.53. The zero-order valence-corrected chi connectivity index (χ0v) is 21.7. The average molecular weight is 600 g/mol. The summed E-state index contributed by atoms with van der Waals surface area (Å²) >= 11 is 0. The van der Waals surface area contributed by atoms with Crippen LogP contribution in [0.3, 0.4) is 0 Å². The van der Waals surface area contributed by atoms with Crippen LogP contribution in [0.2, 0.25) is 0 Å². The van der Waals surface area contributed by atoms with Crippen molar-refractivity contribution in [2.45, 2.75) is 78.8 Å². The van der Waals surface area contributed by atoms with Gasteiger partial charge in [-0.25, -0.2) is 17.2 Å². The van der Waals surface area contributed by atoms with Crippen LogP contribution in [-0.2, 0) is 31.5 Å². The fourth-order valence-electron chi connectivity index (χ4n) is 6.06. The van der Waals surface area contributed by atoms with Gasteiger partial charge in [0.1, 0.15) is 16.7 Å². The molecule has 0 radical (unpaired) electrons. The molecule has 40 heavy (non-hydrogen) atoms. The lowest BCUT2D eigenvalue weighted by Gasteiger charge is -2.38. The normalized spacial score (nSPS) is 24.6. The van der Waals surface area contributed by atoms with E-state index in [1.807, 2.05) is 0 Å². The Hall–Kier alpha value is -2.74. The lowest BCUT2D eigenvalue weighted by molar-refractivity contribution is -0.348. The summed E-state index contributed by atoms with van der Waals surface area (Å²) in [6, 6.07) is 4.46. The number of halogens is 8. The highest BCUT2D eigenvalue weighted by atomic mass is 32.2. The summed E-state index contributed by atoms with van der Waals surface area (Å²) in [5.41, 5.74) is -7.74. The SMILES string of the molecule is C[C@@H](O)C(=O)N[C@@H]1CC[C@@]2(S(=O)(=O)c3ccc(F)cc3)c3ccc(C(F)(C(F)(F)F)C(F)(F)F)cc3CCC[C@@H]12. The second-order valence-corrected chi connectivity index (χ2v) is 12.4. The topological polar surface area (TPSA) is 83.5 Å². The molecule has 1 amide bonds. The van der Waals surface area contributed by atoms with Crippen LogP contribution in [0.15, 0.2) is 47.4 Å². The number of amides is 1. The highest BCUT2D eigenvalue weighted by Crippen LogP contribution is 2.58. The molecule has 4 rings (SSSR count). The Labute approximate surface area is 224 Å². The van der Waals surface area contributed by atoms with Gasteiger partial charge in [0.25, 0.3) is 0 Å². The van der Waals surface area contributed by atoms with Crippen molar-refractivity contribution in [2.24, 2.45) is 5.92 Å². The largest absolute Gasteiger partial charge is 0.435 e. The minimum Gasteiger partial charge on any atom is -0.384 e. The van der Waals surface area contributed by atoms with E-state index in [0.717, 1.165) is 30.3 Å². The average Bonchev–Trinajstić information content (AvgIpc) is 3.12. The standard InChI is InChI=1S/C26H25F8NO4S/c1-14(36)22(37)35-21-11-12-23(40(38,39)18-8-6-17(27)7-9-18)19-10-5-16(13-15(19)3-2-4-20(21)23)24(28,25(29,30)31)26(32,33)34/h5-10,13-14,20-21,36H,2-4,11-12H2,1H3,(H,35,37)/t14-,20+,21-,23-/m1/s1. The Balaban J connectivity index is 1.96. The molecule has 0 spiro atoms. The summed E-state index contributed by atoms with van der Waals surface area (Å²) < 4.78 is 136. The van der Waals surface area contributed by atoms with Crippen molar-refractivity contribution in [3.8, 4) is 0 Å². The minimum atomic E-state index is -6.35. The first-order valence-corrected chi connectivity index (χ1v) is 13.8. The molecule has 0 saturated heterocycles. The van der Waals surface area contributed by atoms with Crippen LogP contribution in [0.1, 0.15) is 49.3 Å². The molecule has 5 nitrogen and oxygen atoms in total. The van der Waals surface area contributed by atoms with E-state index < -0.39 is 68.0 Å². The minimum absolute atomic E-state index is 0.0445. The number of hydrogen-bond acceptors (Lipinski definition) is 4. The number of carbonyl (C=O) groups excluding carboxylic acids is 1. The number of alkyl halides is 7. The first kappa shape index (κ1) is 30.2. The number of sulfone groups is 1. The van der Waals surface area contributed by atoms with E-state index in [4.69, 9.17) is 0 Å². The Bertz CT molecular complexity index is 1370. The molecule has 1 fully saturated rings. The monoisotopic (exact) mass is 599 g/mol. The van der Waals surface area contributed by atoms with Gasteiger partial charge in [-0.2, -0.15) is 26.3 Å². The predicted molar refractivity (Wildman–Crippen MR) is 126 cm³/mol. The predicted octanol–water partition coefficient (Wildman–Crippen LogP) is 5.40. The Kier molecular flexibility index (Phi) is 7.53. The van der Waals surface area contributed by atoms with Crippen LogP contribution in [0.25, 0.3) is 0 Å². The van der Waals surface area contributed by atoms with Gasteiger partial charge in [-0.3, -0.25) is 4.79 Å². The van der Waals surface area contributed by atoms with Crippen molar-refractivity contribution in [2.75, 3.05) is 0 Å². The van der Waals surface area contributed by atoms with Gasteiger partial charge < -0.3 is 10.4 Å². The second-order valence-electron chi connectivity index (χ2n) is 10.2. The second kappa shape index (κ2) is 9.97. The van der Waals surface area contributed by atoms with Crippen LogP contribution in [0, 0.1) is 11.7 Å². The van der Waals surface area contributed by atoms with E-state index in [2.05, 4.69) is 5.32 Å². The molecular weight excluding hydrogens is 574 g/mol. The number of aryl methyl sites for hydroxylation is 1. The molecule has 0 bridgehead atoms. The third kappa shape index (κ3) is 4.56. The molecule has 0 aliphatic heterocycles. The molecular formula is C26H25F8NO4S. The maximum Gasteiger partial charge on any atom is 0.435 e. The summed E-state index contributed by atoms with van der Waals surface area (Å²) in [5, 5.41) is 12.3. The smallest absolute Gasteiger partial charge is 0.384 e. The number of fused-ring (bicyclic) bond motifs is 3. The summed E-state index contributed by atoms with van der Waals surface area (Å²) in [7, 11) is -4.53. The number of carbonyl (C=O) groups is 1. The number of aliphatic hydroxyl groups excluding tert-OH is 1. The number of hydrogen-bond donors (Lipinski definition) is 2. The van der Waals surface area contributed by atoms with Gasteiger partial charge in [-0.1, -0.05) is 18.2 Å². The van der Waals surface area contributed by atoms with E-state index in [1.165, 1.54) is 6.92 Å². The molecule has 0 aromatic heterocycles. The van der Waals surface area contributed by atoms with E-state index in [1.54, 1.807) is 0 Å². The van der Waals surface area contributed by atoms with Gasteiger partial charge in [-0.15, -0.1) is 0 Å². The van der Waals surface area contributed by atoms with Crippen molar-refractivity contribution < 1.29 is 53.4 Å². The zero-order valence-electron chi connectivity index (χ0n) is 20.9. The molecule has 14 heteroatoms. The van der Waals surface area contributed by atoms with Crippen molar-refractivity contribution in [1.82, 2.24) is 5.32 Å². The van der Waals surface area contributed by atoms with Gasteiger partial charge >= 0.3 is 18.0 Å². The van der Waals surface area contributed by atoms with E-state index >= 15 is 0 Å². The quantitative estimate of drug-likeness (QED) is 0.357. The van der Waals surface area contributed by atoms with E-state index in [0.29, 0.717) is 12.1 Å². The van der Waals surface area contributed by atoms with Crippen LogP contribution in [0.4, 0.5) is 35.1 Å². The third-order valence-corrected chi connectivity index (χ3v) is 10.5. The van der Waals surface area contributed by atoms with Crippen molar-refractivity contribution >= 4 is 15.7 Å². The maximum absolute atomic E-state index is 14.9. The molecule has 4 atom stereocenters. The van der Waals surface area contributed by atoms with Gasteiger partial charge in [0, 0.05) is 17.5 Å². The molecule has 2 aromatic carbocycles. The van der Waals surface area contributed by atoms with Gasteiger partial charge in [0.05, 0.1) is 4.90 Å². The number of benzene rings is 2. The summed E-state index contributed by atoms with van der Waals surface area (Å²) in [6.45, 7) is 1.20. The summed E-state index contributed by atoms with van der Waals surface area (Å²) in [5.74, 6) is -2.46. The fraction of sp³-hybridized carbons (Fsp3) is 0.500. The molecule has 0 unspecified atom stereocenters. The maximum atomic E-state index is 14.9. The highest BCUT2D eigenvalue weighted by molar-refractivity contribution is 7.92. The third-order valence-electron chi connectivity index (χ3n) is 7.92.